The SMILES string of the molecule is CON(C)S(=O)(=O)c1ccc(Br)c(C(=O)NN(C)C)c1. The average Bonchev–Trinajstić information content (AvgIpc) is 2.36. The Kier molecular flexibility index (Phi) is 5.66. The lowest BCUT2D eigenvalue weighted by Gasteiger charge is -2.16. The van der Waals surface area contributed by atoms with E-state index in [2.05, 4.69) is 26.2 Å². The van der Waals surface area contributed by atoms with Crippen LogP contribution >= 0.6 is 15.9 Å². The molecule has 112 valence electrons. The normalized spacial score (nSPS) is 11.9. The van der Waals surface area contributed by atoms with Crippen LogP contribution in [0.1, 0.15) is 10.4 Å². The number of hydrazine groups is 1. The summed E-state index contributed by atoms with van der Waals surface area (Å²) >= 11 is 3.22. The van der Waals surface area contributed by atoms with Crippen LogP contribution in [0.4, 0.5) is 0 Å². The average molecular weight is 366 g/mol. The molecule has 0 fully saturated rings. The number of halogens is 1. The molecule has 0 saturated carbocycles. The van der Waals surface area contributed by atoms with E-state index in [-0.39, 0.29) is 10.5 Å². The Hall–Kier alpha value is -1.00. The molecule has 0 bridgehead atoms. The molecule has 0 heterocycles. The number of hydrogen-bond acceptors (Lipinski definition) is 5. The monoisotopic (exact) mass is 365 g/mol. The number of amides is 1. The third-order valence-electron chi connectivity index (χ3n) is 2.40. The summed E-state index contributed by atoms with van der Waals surface area (Å²) in [5.41, 5.74) is 2.76. The quantitative estimate of drug-likeness (QED) is 0.782. The van der Waals surface area contributed by atoms with Crippen molar-refractivity contribution in [1.82, 2.24) is 14.9 Å². The van der Waals surface area contributed by atoms with Crippen molar-refractivity contribution < 1.29 is 18.0 Å². The lowest BCUT2D eigenvalue weighted by Crippen LogP contribution is -2.36. The van der Waals surface area contributed by atoms with Crippen LogP contribution in [0, 0.1) is 0 Å². The van der Waals surface area contributed by atoms with Gasteiger partial charge >= 0.3 is 0 Å². The fourth-order valence-electron chi connectivity index (χ4n) is 1.35. The molecule has 0 atom stereocenters. The number of carbonyl (C=O) groups excluding carboxylic acids is 1. The largest absolute Gasteiger partial charge is 0.288 e. The maximum Gasteiger partial charge on any atom is 0.266 e. The van der Waals surface area contributed by atoms with Crippen LogP contribution in [0.25, 0.3) is 0 Å². The lowest BCUT2D eigenvalue weighted by molar-refractivity contribution is -0.0258. The Morgan fingerprint density at radius 1 is 1.30 bits per heavy atom. The first-order valence-corrected chi connectivity index (χ1v) is 7.74. The number of carbonyl (C=O) groups is 1. The van der Waals surface area contributed by atoms with Gasteiger partial charge in [-0.25, -0.2) is 13.4 Å². The van der Waals surface area contributed by atoms with Crippen LogP contribution < -0.4 is 5.43 Å². The van der Waals surface area contributed by atoms with Gasteiger partial charge in [-0.05, 0) is 34.1 Å². The van der Waals surface area contributed by atoms with Crippen LogP contribution in [-0.2, 0) is 14.9 Å². The van der Waals surface area contributed by atoms with Crippen molar-refractivity contribution in [2.24, 2.45) is 0 Å². The standard InChI is InChI=1S/C11H16BrN3O4S/c1-14(2)13-11(16)9-7-8(5-6-10(9)12)20(17,18)15(3)19-4/h5-7H,1-4H3,(H,13,16). The zero-order valence-electron chi connectivity index (χ0n) is 11.5. The maximum absolute atomic E-state index is 12.1. The molecule has 0 aliphatic heterocycles. The molecule has 1 N–H and O–H groups in total. The van der Waals surface area contributed by atoms with Gasteiger partial charge in [0.2, 0.25) is 0 Å². The highest BCUT2D eigenvalue weighted by molar-refractivity contribution is 9.10. The van der Waals surface area contributed by atoms with Gasteiger partial charge < -0.3 is 0 Å². The Balaban J connectivity index is 3.25. The van der Waals surface area contributed by atoms with Crippen molar-refractivity contribution in [2.45, 2.75) is 4.90 Å². The van der Waals surface area contributed by atoms with Gasteiger partial charge in [-0.2, -0.15) is 0 Å². The summed E-state index contributed by atoms with van der Waals surface area (Å²) < 4.78 is 25.5. The van der Waals surface area contributed by atoms with Crippen molar-refractivity contribution in [3.63, 3.8) is 0 Å². The Bertz CT molecular complexity index is 604. The number of hydroxylamine groups is 1. The van der Waals surface area contributed by atoms with Crippen molar-refractivity contribution in [3.8, 4) is 0 Å². The van der Waals surface area contributed by atoms with Crippen molar-refractivity contribution in [2.75, 3.05) is 28.3 Å². The van der Waals surface area contributed by atoms with E-state index in [0.29, 0.717) is 4.47 Å². The van der Waals surface area contributed by atoms with E-state index in [0.717, 1.165) is 4.47 Å². The van der Waals surface area contributed by atoms with Crippen LogP contribution in [-0.4, -0.2) is 52.1 Å². The van der Waals surface area contributed by atoms with E-state index in [1.54, 1.807) is 14.1 Å². The summed E-state index contributed by atoms with van der Waals surface area (Å²) in [5, 5.41) is 1.47. The molecule has 0 aliphatic carbocycles. The van der Waals surface area contributed by atoms with E-state index in [1.807, 2.05) is 0 Å². The maximum atomic E-state index is 12.1. The molecule has 20 heavy (non-hydrogen) atoms. The highest BCUT2D eigenvalue weighted by atomic mass is 79.9. The third-order valence-corrected chi connectivity index (χ3v) is 4.77. The molecule has 1 amide bonds. The zero-order valence-corrected chi connectivity index (χ0v) is 13.9. The summed E-state index contributed by atoms with van der Waals surface area (Å²) in [6, 6.07) is 4.18. The number of nitrogens with one attached hydrogen (secondary N) is 1. The van der Waals surface area contributed by atoms with Crippen LogP contribution in [0.5, 0.6) is 0 Å². The van der Waals surface area contributed by atoms with Gasteiger partial charge in [0.1, 0.15) is 0 Å². The third kappa shape index (κ3) is 3.76. The number of rotatable bonds is 5. The van der Waals surface area contributed by atoms with Gasteiger partial charge in [0.05, 0.1) is 17.6 Å². The van der Waals surface area contributed by atoms with E-state index in [9.17, 15) is 13.2 Å². The van der Waals surface area contributed by atoms with Crippen LogP contribution in [0.2, 0.25) is 0 Å². The van der Waals surface area contributed by atoms with Gasteiger partial charge in [0.15, 0.2) is 0 Å². The molecule has 0 aromatic heterocycles. The molecule has 0 aliphatic rings. The molecule has 0 saturated heterocycles. The summed E-state index contributed by atoms with van der Waals surface area (Å²) in [6.07, 6.45) is 0. The Morgan fingerprint density at radius 2 is 1.90 bits per heavy atom. The summed E-state index contributed by atoms with van der Waals surface area (Å²) in [4.78, 5) is 16.6. The summed E-state index contributed by atoms with van der Waals surface area (Å²) in [7, 11) is 2.04. The van der Waals surface area contributed by atoms with Gasteiger partial charge in [-0.15, -0.1) is 0 Å². The molecule has 1 aromatic carbocycles. The second-order valence-corrected chi connectivity index (χ2v) is 6.86. The van der Waals surface area contributed by atoms with Crippen molar-refractivity contribution in [3.05, 3.63) is 28.2 Å². The van der Waals surface area contributed by atoms with E-state index in [1.165, 1.54) is 37.4 Å². The minimum absolute atomic E-state index is 0.0334. The lowest BCUT2D eigenvalue weighted by atomic mass is 10.2. The van der Waals surface area contributed by atoms with E-state index < -0.39 is 15.9 Å². The molecule has 9 heteroatoms. The number of sulfonamides is 1. The number of nitrogens with zero attached hydrogens (tertiary/aromatic N) is 2. The molecule has 1 aromatic rings. The molecular weight excluding hydrogens is 350 g/mol. The molecule has 7 nitrogen and oxygen atoms in total. The predicted octanol–water partition coefficient (Wildman–Crippen LogP) is 0.837. The molecule has 0 spiro atoms. The second kappa shape index (κ2) is 6.64. The smallest absolute Gasteiger partial charge is 0.266 e. The fourth-order valence-corrected chi connectivity index (χ4v) is 2.78. The van der Waals surface area contributed by atoms with E-state index >= 15 is 0 Å². The Morgan fingerprint density at radius 3 is 2.40 bits per heavy atom. The number of hydrogen-bond donors (Lipinski definition) is 1. The molecular formula is C11H16BrN3O4S. The summed E-state index contributed by atoms with van der Waals surface area (Å²) in [5.74, 6) is -0.418. The zero-order chi connectivity index (χ0) is 15.5. The highest BCUT2D eigenvalue weighted by Gasteiger charge is 2.23. The highest BCUT2D eigenvalue weighted by Crippen LogP contribution is 2.23. The van der Waals surface area contributed by atoms with Crippen LogP contribution in [0.3, 0.4) is 0 Å². The summed E-state index contributed by atoms with van der Waals surface area (Å²) in [6.45, 7) is 0. The minimum Gasteiger partial charge on any atom is -0.288 e. The first-order chi connectivity index (χ1) is 9.20. The fraction of sp³-hybridized carbons (Fsp3) is 0.364. The minimum atomic E-state index is -3.79. The first kappa shape index (κ1) is 17.1. The van der Waals surface area contributed by atoms with Gasteiger partial charge in [-0.3, -0.25) is 15.1 Å². The predicted molar refractivity (Wildman–Crippen MR) is 77.3 cm³/mol. The first-order valence-electron chi connectivity index (χ1n) is 5.51. The van der Waals surface area contributed by atoms with E-state index in [4.69, 9.17) is 0 Å². The topological polar surface area (TPSA) is 78.9 Å². The molecule has 0 unspecified atom stereocenters. The van der Waals surface area contributed by atoms with Crippen LogP contribution in [0.15, 0.2) is 27.6 Å². The van der Waals surface area contributed by atoms with Gasteiger partial charge in [0, 0.05) is 25.6 Å². The molecule has 1 rings (SSSR count). The van der Waals surface area contributed by atoms with Gasteiger partial charge in [-0.1, -0.05) is 4.47 Å². The van der Waals surface area contributed by atoms with Crippen molar-refractivity contribution >= 4 is 31.9 Å². The molecule has 0 radical (unpaired) electrons. The Labute approximate surface area is 126 Å². The number of benzene rings is 1. The second-order valence-electron chi connectivity index (χ2n) is 4.07. The van der Waals surface area contributed by atoms with Crippen molar-refractivity contribution in [1.29, 1.82) is 0 Å². The van der Waals surface area contributed by atoms with Gasteiger partial charge in [0.25, 0.3) is 15.9 Å².